The average molecular weight is 504 g/mol. The number of ether oxygens (including phenoxy) is 3. The van der Waals surface area contributed by atoms with Crippen LogP contribution in [0.2, 0.25) is 0 Å². The lowest BCUT2D eigenvalue weighted by molar-refractivity contribution is -0.127. The van der Waals surface area contributed by atoms with E-state index in [-0.39, 0.29) is 5.91 Å². The second-order valence-corrected chi connectivity index (χ2v) is 8.52. The van der Waals surface area contributed by atoms with Gasteiger partial charge in [-0.2, -0.15) is 9.97 Å². The van der Waals surface area contributed by atoms with Crippen molar-refractivity contribution in [3.05, 3.63) is 48.8 Å². The molecule has 0 unspecified atom stereocenters. The highest BCUT2D eigenvalue weighted by atomic mass is 16.5. The molecule has 2 aromatic heterocycles. The molecule has 1 aliphatic heterocycles. The first-order chi connectivity index (χ1) is 18.1. The molecule has 0 saturated carbocycles. The molecule has 11 nitrogen and oxygen atoms in total. The number of carbonyl (C=O) groups excluding carboxylic acids is 1. The summed E-state index contributed by atoms with van der Waals surface area (Å²) in [6.45, 7) is 1.97. The third-order valence-electron chi connectivity index (χ3n) is 6.20. The SMILES string of the molecule is COc1cc(Nc2nc(Nc3ccccc3)nc3c2ncn3CCN2CCCC2=O)cc(OC)c1OC. The minimum Gasteiger partial charge on any atom is -0.493 e. The highest BCUT2D eigenvalue weighted by Crippen LogP contribution is 2.41. The number of methoxy groups -OCH3 is 3. The molecule has 2 aromatic carbocycles. The van der Waals surface area contributed by atoms with Gasteiger partial charge in [-0.1, -0.05) is 18.2 Å². The van der Waals surface area contributed by atoms with Crippen LogP contribution in [0.1, 0.15) is 12.8 Å². The molecule has 1 amide bonds. The Morgan fingerprint density at radius 2 is 1.68 bits per heavy atom. The van der Waals surface area contributed by atoms with Gasteiger partial charge in [-0.15, -0.1) is 0 Å². The van der Waals surface area contributed by atoms with Crippen molar-refractivity contribution in [2.24, 2.45) is 0 Å². The number of nitrogens with zero attached hydrogens (tertiary/aromatic N) is 5. The largest absolute Gasteiger partial charge is 0.493 e. The summed E-state index contributed by atoms with van der Waals surface area (Å²) in [6, 6.07) is 13.3. The van der Waals surface area contributed by atoms with Gasteiger partial charge in [0.1, 0.15) is 0 Å². The number of fused-ring (bicyclic) bond motifs is 1. The first-order valence-corrected chi connectivity index (χ1v) is 12.0. The summed E-state index contributed by atoms with van der Waals surface area (Å²) in [4.78, 5) is 28.1. The van der Waals surface area contributed by atoms with E-state index in [4.69, 9.17) is 24.2 Å². The normalized spacial score (nSPS) is 13.2. The third kappa shape index (κ3) is 5.06. The van der Waals surface area contributed by atoms with Gasteiger partial charge in [0.05, 0.1) is 27.7 Å². The van der Waals surface area contributed by atoms with Gasteiger partial charge >= 0.3 is 0 Å². The van der Waals surface area contributed by atoms with Crippen molar-refractivity contribution >= 4 is 40.2 Å². The topological polar surface area (TPSA) is 116 Å². The molecule has 3 heterocycles. The summed E-state index contributed by atoms with van der Waals surface area (Å²) >= 11 is 0. The lowest BCUT2D eigenvalue weighted by Crippen LogP contribution is -2.28. The Hall–Kier alpha value is -4.54. The van der Waals surface area contributed by atoms with Gasteiger partial charge in [-0.25, -0.2) is 4.98 Å². The molecule has 1 aliphatic rings. The quantitative estimate of drug-likeness (QED) is 0.332. The summed E-state index contributed by atoms with van der Waals surface area (Å²) in [5.74, 6) is 2.63. The summed E-state index contributed by atoms with van der Waals surface area (Å²) < 4.78 is 18.4. The fraction of sp³-hybridized carbons (Fsp3) is 0.308. The molecule has 0 radical (unpaired) electrons. The zero-order valence-corrected chi connectivity index (χ0v) is 21.0. The number of nitrogens with one attached hydrogen (secondary N) is 2. The van der Waals surface area contributed by atoms with Gasteiger partial charge in [0.2, 0.25) is 17.6 Å². The number of imidazole rings is 1. The zero-order chi connectivity index (χ0) is 25.8. The summed E-state index contributed by atoms with van der Waals surface area (Å²) in [6.07, 6.45) is 3.24. The number of benzene rings is 2. The Kier molecular flexibility index (Phi) is 6.93. The predicted octanol–water partition coefficient (Wildman–Crippen LogP) is 3.96. The van der Waals surface area contributed by atoms with Crippen LogP contribution in [0, 0.1) is 0 Å². The van der Waals surface area contributed by atoms with E-state index in [1.165, 1.54) is 0 Å². The Balaban J connectivity index is 1.52. The van der Waals surface area contributed by atoms with Gasteiger partial charge in [0.25, 0.3) is 0 Å². The van der Waals surface area contributed by atoms with Crippen molar-refractivity contribution in [1.29, 1.82) is 0 Å². The first kappa shape index (κ1) is 24.2. The molecule has 0 aliphatic carbocycles. The van der Waals surface area contributed by atoms with Crippen molar-refractivity contribution in [2.45, 2.75) is 19.4 Å². The molecule has 2 N–H and O–H groups in total. The van der Waals surface area contributed by atoms with Crippen LogP contribution < -0.4 is 24.8 Å². The minimum absolute atomic E-state index is 0.190. The van der Waals surface area contributed by atoms with Crippen LogP contribution in [-0.4, -0.2) is 64.7 Å². The molecule has 11 heteroatoms. The number of amides is 1. The van der Waals surface area contributed by atoms with Crippen LogP contribution in [0.4, 0.5) is 23.1 Å². The number of hydrogen-bond acceptors (Lipinski definition) is 9. The number of anilines is 4. The van der Waals surface area contributed by atoms with E-state index in [9.17, 15) is 4.79 Å². The summed E-state index contributed by atoms with van der Waals surface area (Å²) in [5.41, 5.74) is 2.78. The maximum absolute atomic E-state index is 12.1. The van der Waals surface area contributed by atoms with E-state index < -0.39 is 0 Å². The Bertz CT molecular complexity index is 1380. The fourth-order valence-electron chi connectivity index (χ4n) is 4.36. The second kappa shape index (κ2) is 10.6. The monoisotopic (exact) mass is 503 g/mol. The smallest absolute Gasteiger partial charge is 0.231 e. The summed E-state index contributed by atoms with van der Waals surface area (Å²) in [7, 11) is 4.70. The standard InChI is InChI=1S/C26H29N7O4/c1-35-19-14-18(15-20(36-2)23(19)37-3)28-24-22-25(31-26(30-24)29-17-8-5-4-6-9-17)33(16-27-22)13-12-32-11-7-10-21(32)34/h4-6,8-9,14-16H,7,10-13H2,1-3H3,(H2,28,29,30,31). The van der Waals surface area contributed by atoms with E-state index in [1.54, 1.807) is 39.8 Å². The lowest BCUT2D eigenvalue weighted by atomic mass is 10.2. The van der Waals surface area contributed by atoms with Crippen LogP contribution >= 0.6 is 0 Å². The molecular formula is C26H29N7O4. The molecule has 0 spiro atoms. The van der Waals surface area contributed by atoms with Crippen LogP contribution in [0.3, 0.4) is 0 Å². The molecular weight excluding hydrogens is 474 g/mol. The number of rotatable bonds is 10. The molecule has 0 atom stereocenters. The van der Waals surface area contributed by atoms with Crippen molar-refractivity contribution in [3.63, 3.8) is 0 Å². The van der Waals surface area contributed by atoms with Gasteiger partial charge in [0, 0.05) is 49.6 Å². The summed E-state index contributed by atoms with van der Waals surface area (Å²) in [5, 5.41) is 6.61. The lowest BCUT2D eigenvalue weighted by Gasteiger charge is -2.16. The van der Waals surface area contributed by atoms with Crippen LogP contribution in [0.5, 0.6) is 17.2 Å². The Morgan fingerprint density at radius 1 is 0.919 bits per heavy atom. The number of hydrogen-bond donors (Lipinski definition) is 2. The molecule has 1 saturated heterocycles. The third-order valence-corrected chi connectivity index (χ3v) is 6.20. The number of aromatic nitrogens is 4. The first-order valence-electron chi connectivity index (χ1n) is 12.0. The zero-order valence-electron chi connectivity index (χ0n) is 21.0. The van der Waals surface area contributed by atoms with E-state index in [0.29, 0.717) is 65.4 Å². The van der Waals surface area contributed by atoms with Crippen molar-refractivity contribution in [2.75, 3.05) is 45.1 Å². The molecule has 5 rings (SSSR count). The van der Waals surface area contributed by atoms with Crippen LogP contribution in [0.25, 0.3) is 11.2 Å². The maximum atomic E-state index is 12.1. The van der Waals surface area contributed by atoms with E-state index in [1.807, 2.05) is 39.8 Å². The van der Waals surface area contributed by atoms with Crippen LogP contribution in [-0.2, 0) is 11.3 Å². The van der Waals surface area contributed by atoms with Crippen molar-refractivity contribution < 1.29 is 19.0 Å². The van der Waals surface area contributed by atoms with Crippen molar-refractivity contribution in [1.82, 2.24) is 24.4 Å². The number of likely N-dealkylation sites (tertiary alicyclic amines) is 1. The molecule has 0 bridgehead atoms. The predicted molar refractivity (Wildman–Crippen MR) is 140 cm³/mol. The van der Waals surface area contributed by atoms with Gasteiger partial charge in [-0.3, -0.25) is 4.79 Å². The minimum atomic E-state index is 0.190. The van der Waals surface area contributed by atoms with Crippen LogP contribution in [0.15, 0.2) is 48.8 Å². The Morgan fingerprint density at radius 3 is 2.32 bits per heavy atom. The van der Waals surface area contributed by atoms with E-state index in [2.05, 4.69) is 15.6 Å². The van der Waals surface area contributed by atoms with Crippen molar-refractivity contribution in [3.8, 4) is 17.2 Å². The Labute approximate surface area is 214 Å². The fourth-order valence-corrected chi connectivity index (χ4v) is 4.36. The highest BCUT2D eigenvalue weighted by molar-refractivity contribution is 5.87. The molecule has 1 fully saturated rings. The number of para-hydroxylation sites is 1. The number of carbonyl (C=O) groups is 1. The van der Waals surface area contributed by atoms with E-state index >= 15 is 0 Å². The highest BCUT2D eigenvalue weighted by Gasteiger charge is 2.21. The molecule has 4 aromatic rings. The maximum Gasteiger partial charge on any atom is 0.231 e. The van der Waals surface area contributed by atoms with Gasteiger partial charge < -0.3 is 34.3 Å². The van der Waals surface area contributed by atoms with Gasteiger partial charge in [-0.05, 0) is 18.6 Å². The van der Waals surface area contributed by atoms with E-state index in [0.717, 1.165) is 18.7 Å². The van der Waals surface area contributed by atoms with Gasteiger partial charge in [0.15, 0.2) is 28.5 Å². The molecule has 37 heavy (non-hydrogen) atoms. The molecule has 192 valence electrons. The second-order valence-electron chi connectivity index (χ2n) is 8.52. The average Bonchev–Trinajstić information content (AvgIpc) is 3.52.